The molecule has 0 saturated heterocycles. The summed E-state index contributed by atoms with van der Waals surface area (Å²) < 4.78 is 10.6. The van der Waals surface area contributed by atoms with E-state index < -0.39 is 6.29 Å². The highest BCUT2D eigenvalue weighted by Gasteiger charge is 2.10. The molecule has 0 aromatic heterocycles. The van der Waals surface area contributed by atoms with Crippen LogP contribution in [-0.2, 0) is 9.47 Å². The molecule has 0 heterocycles. The zero-order valence-corrected chi connectivity index (χ0v) is 10.7. The van der Waals surface area contributed by atoms with E-state index in [-0.39, 0.29) is 5.92 Å². The summed E-state index contributed by atoms with van der Waals surface area (Å²) in [5.74, 6) is 0.263. The van der Waals surface area contributed by atoms with Crippen molar-refractivity contribution >= 4 is 0 Å². The first-order valence-corrected chi connectivity index (χ1v) is 5.58. The molecule has 3 nitrogen and oxygen atoms in total. The first-order valence-electron chi connectivity index (χ1n) is 5.58. The summed E-state index contributed by atoms with van der Waals surface area (Å²) in [6.45, 7) is 14.9. The van der Waals surface area contributed by atoms with Crippen LogP contribution in [0.2, 0.25) is 0 Å². The molecule has 2 atom stereocenters. The van der Waals surface area contributed by atoms with Gasteiger partial charge < -0.3 is 14.6 Å². The van der Waals surface area contributed by atoms with Gasteiger partial charge in [0.05, 0.1) is 13.2 Å². The molecule has 0 aromatic carbocycles. The molecule has 3 heteroatoms. The highest BCUT2D eigenvalue weighted by Crippen LogP contribution is 2.09. The Labute approximate surface area is 98.8 Å². The zero-order chi connectivity index (χ0) is 12.6. The maximum Gasteiger partial charge on any atom is 0.155 e. The van der Waals surface area contributed by atoms with Gasteiger partial charge in [0.1, 0.15) is 0 Å². The van der Waals surface area contributed by atoms with Gasteiger partial charge in [0.2, 0.25) is 0 Å². The number of hydrogen-bond donors (Lipinski definition) is 1. The lowest BCUT2D eigenvalue weighted by atomic mass is 10.1. The Morgan fingerprint density at radius 1 is 1.19 bits per heavy atom. The van der Waals surface area contributed by atoms with E-state index in [1.54, 1.807) is 0 Å². The van der Waals surface area contributed by atoms with Gasteiger partial charge in [-0.1, -0.05) is 31.2 Å². The SMILES string of the molecule is C=C(C)COCC(C)CC(O)OCC(=C)C. The van der Waals surface area contributed by atoms with Crippen LogP contribution in [0.1, 0.15) is 27.2 Å². The molecule has 1 N–H and O–H groups in total. The molecule has 0 aliphatic carbocycles. The van der Waals surface area contributed by atoms with Crippen molar-refractivity contribution in [2.75, 3.05) is 19.8 Å². The quantitative estimate of drug-likeness (QED) is 0.487. The van der Waals surface area contributed by atoms with Crippen molar-refractivity contribution in [3.8, 4) is 0 Å². The summed E-state index contributed by atoms with van der Waals surface area (Å²) in [6.07, 6.45) is -0.163. The molecule has 0 saturated carbocycles. The zero-order valence-electron chi connectivity index (χ0n) is 10.7. The summed E-state index contributed by atoms with van der Waals surface area (Å²) >= 11 is 0. The lowest BCUT2D eigenvalue weighted by Gasteiger charge is -2.17. The van der Waals surface area contributed by atoms with E-state index in [0.29, 0.717) is 26.2 Å². The fourth-order valence-corrected chi connectivity index (χ4v) is 1.15. The molecule has 16 heavy (non-hydrogen) atoms. The van der Waals surface area contributed by atoms with Crippen molar-refractivity contribution in [2.24, 2.45) is 5.92 Å². The minimum atomic E-state index is -0.736. The van der Waals surface area contributed by atoms with E-state index in [0.717, 1.165) is 11.1 Å². The smallest absolute Gasteiger partial charge is 0.155 e. The topological polar surface area (TPSA) is 38.7 Å². The van der Waals surface area contributed by atoms with Gasteiger partial charge in [-0.15, -0.1) is 0 Å². The van der Waals surface area contributed by atoms with Gasteiger partial charge in [0, 0.05) is 13.0 Å². The van der Waals surface area contributed by atoms with Crippen molar-refractivity contribution in [3.63, 3.8) is 0 Å². The van der Waals surface area contributed by atoms with Gasteiger partial charge >= 0.3 is 0 Å². The largest absolute Gasteiger partial charge is 0.377 e. The third-order valence-electron chi connectivity index (χ3n) is 1.88. The number of hydrogen-bond acceptors (Lipinski definition) is 3. The Morgan fingerprint density at radius 2 is 1.75 bits per heavy atom. The molecule has 0 aromatic rings. The highest BCUT2D eigenvalue weighted by atomic mass is 16.6. The van der Waals surface area contributed by atoms with Gasteiger partial charge in [-0.25, -0.2) is 0 Å². The average Bonchev–Trinajstić information content (AvgIpc) is 2.14. The lowest BCUT2D eigenvalue weighted by molar-refractivity contribution is -0.106. The van der Waals surface area contributed by atoms with Crippen LogP contribution in [0.5, 0.6) is 0 Å². The fourth-order valence-electron chi connectivity index (χ4n) is 1.15. The van der Waals surface area contributed by atoms with Crippen LogP contribution in [0.4, 0.5) is 0 Å². The minimum absolute atomic E-state index is 0.263. The molecule has 2 unspecified atom stereocenters. The standard InChI is InChI=1S/C13H24O3/c1-10(2)7-15-9-12(5)6-13(14)16-8-11(3)4/h12-14H,1,3,6-9H2,2,4-5H3. The van der Waals surface area contributed by atoms with Gasteiger partial charge in [0.25, 0.3) is 0 Å². The van der Waals surface area contributed by atoms with Crippen LogP contribution in [0.25, 0.3) is 0 Å². The van der Waals surface area contributed by atoms with Crippen LogP contribution in [0.15, 0.2) is 24.3 Å². The van der Waals surface area contributed by atoms with Crippen LogP contribution in [0, 0.1) is 5.92 Å². The first kappa shape index (κ1) is 15.4. The van der Waals surface area contributed by atoms with Crippen molar-refractivity contribution < 1.29 is 14.6 Å². The summed E-state index contributed by atoms with van der Waals surface area (Å²) in [6, 6.07) is 0. The summed E-state index contributed by atoms with van der Waals surface area (Å²) in [5.41, 5.74) is 1.91. The molecule has 0 aliphatic heterocycles. The third-order valence-corrected chi connectivity index (χ3v) is 1.88. The van der Waals surface area contributed by atoms with E-state index in [1.807, 2.05) is 20.8 Å². The van der Waals surface area contributed by atoms with Gasteiger partial charge in [-0.2, -0.15) is 0 Å². The molecule has 94 valence electrons. The number of aliphatic hydroxyl groups is 1. The summed E-state index contributed by atoms with van der Waals surface area (Å²) in [4.78, 5) is 0. The molecule has 0 bridgehead atoms. The molecule has 0 spiro atoms. The Hall–Kier alpha value is -0.640. The van der Waals surface area contributed by atoms with Crippen molar-refractivity contribution in [2.45, 2.75) is 33.5 Å². The van der Waals surface area contributed by atoms with Crippen molar-refractivity contribution in [1.82, 2.24) is 0 Å². The maximum atomic E-state index is 9.54. The summed E-state index contributed by atoms with van der Waals surface area (Å²) in [5, 5.41) is 9.54. The number of aliphatic hydroxyl groups excluding tert-OH is 1. The predicted octanol–water partition coefficient (Wildman–Crippen LogP) is 2.52. The van der Waals surface area contributed by atoms with Crippen molar-refractivity contribution in [3.05, 3.63) is 24.3 Å². The Balaban J connectivity index is 3.57. The highest BCUT2D eigenvalue weighted by molar-refractivity contribution is 4.88. The molecule has 0 radical (unpaired) electrons. The van der Waals surface area contributed by atoms with Crippen LogP contribution in [0.3, 0.4) is 0 Å². The molecular formula is C13H24O3. The fraction of sp³-hybridized carbons (Fsp3) is 0.692. The number of rotatable bonds is 9. The molecular weight excluding hydrogens is 204 g/mol. The van der Waals surface area contributed by atoms with Crippen molar-refractivity contribution in [1.29, 1.82) is 0 Å². The van der Waals surface area contributed by atoms with E-state index in [2.05, 4.69) is 13.2 Å². The summed E-state index contributed by atoms with van der Waals surface area (Å²) in [7, 11) is 0. The van der Waals surface area contributed by atoms with E-state index >= 15 is 0 Å². The maximum absolute atomic E-state index is 9.54. The lowest BCUT2D eigenvalue weighted by Crippen LogP contribution is -2.19. The van der Waals surface area contributed by atoms with E-state index in [1.165, 1.54) is 0 Å². The Morgan fingerprint density at radius 3 is 2.25 bits per heavy atom. The Kier molecular flexibility index (Phi) is 8.16. The Bertz CT molecular complexity index is 223. The van der Waals surface area contributed by atoms with Gasteiger partial charge in [-0.3, -0.25) is 0 Å². The average molecular weight is 228 g/mol. The minimum Gasteiger partial charge on any atom is -0.377 e. The third kappa shape index (κ3) is 9.90. The first-order chi connectivity index (χ1) is 7.41. The van der Waals surface area contributed by atoms with Crippen LogP contribution >= 0.6 is 0 Å². The molecule has 0 fully saturated rings. The molecule has 0 amide bonds. The van der Waals surface area contributed by atoms with E-state index in [9.17, 15) is 5.11 Å². The molecule has 0 rings (SSSR count). The van der Waals surface area contributed by atoms with Crippen LogP contribution < -0.4 is 0 Å². The second kappa shape index (κ2) is 8.50. The van der Waals surface area contributed by atoms with Gasteiger partial charge in [-0.05, 0) is 19.8 Å². The molecule has 0 aliphatic rings. The monoisotopic (exact) mass is 228 g/mol. The van der Waals surface area contributed by atoms with Crippen LogP contribution in [-0.4, -0.2) is 31.2 Å². The van der Waals surface area contributed by atoms with Gasteiger partial charge in [0.15, 0.2) is 6.29 Å². The second-order valence-corrected chi connectivity index (χ2v) is 4.54. The number of ether oxygens (including phenoxy) is 2. The normalized spacial score (nSPS) is 14.5. The predicted molar refractivity (Wildman–Crippen MR) is 66.2 cm³/mol. The van der Waals surface area contributed by atoms with E-state index in [4.69, 9.17) is 9.47 Å². The second-order valence-electron chi connectivity index (χ2n) is 4.54.